The van der Waals surface area contributed by atoms with Crippen molar-refractivity contribution >= 4 is 11.5 Å². The molecule has 0 radical (unpaired) electrons. The lowest BCUT2D eigenvalue weighted by Crippen LogP contribution is -2.44. The maximum atomic E-state index is 12.2. The molecule has 1 unspecified atom stereocenters. The van der Waals surface area contributed by atoms with E-state index < -0.39 is 0 Å². The summed E-state index contributed by atoms with van der Waals surface area (Å²) >= 11 is 0. The monoisotopic (exact) mass is 293 g/mol. The Kier molecular flexibility index (Phi) is 5.44. The zero-order valence-corrected chi connectivity index (χ0v) is 12.9. The lowest BCUT2D eigenvalue weighted by Gasteiger charge is -2.32. The van der Waals surface area contributed by atoms with Crippen molar-refractivity contribution in [1.82, 2.24) is 25.5 Å². The fourth-order valence-electron chi connectivity index (χ4n) is 2.41. The maximum absolute atomic E-state index is 12.2. The summed E-state index contributed by atoms with van der Waals surface area (Å²) in [5.41, 5.74) is 1.00. The van der Waals surface area contributed by atoms with E-state index in [1.54, 1.807) is 0 Å². The second-order valence-corrected chi connectivity index (χ2v) is 5.67. The highest BCUT2D eigenvalue weighted by Gasteiger charge is 2.28. The highest BCUT2D eigenvalue weighted by molar-refractivity contribution is 5.76. The van der Waals surface area contributed by atoms with Gasteiger partial charge in [-0.25, -0.2) is 0 Å². The molecule has 116 valence electrons. The standard InChI is InChI=1S/C14H23N5O2/c1-4-12(14(20)21-9-10(2)3)19-7-5-6-11(8-19)13-15-17-18-16-13/h6,10,12H,4-5,7-9H2,1-3H3,(H,15,16,17,18). The van der Waals surface area contributed by atoms with Crippen LogP contribution in [0.2, 0.25) is 0 Å². The first-order chi connectivity index (χ1) is 10.1. The van der Waals surface area contributed by atoms with Crippen LogP contribution in [-0.2, 0) is 9.53 Å². The molecule has 1 atom stereocenters. The molecule has 0 amide bonds. The summed E-state index contributed by atoms with van der Waals surface area (Å²) in [5, 5.41) is 14.1. The number of rotatable bonds is 6. The van der Waals surface area contributed by atoms with Crippen molar-refractivity contribution in [2.45, 2.75) is 39.7 Å². The Labute approximate surface area is 124 Å². The van der Waals surface area contributed by atoms with E-state index in [1.165, 1.54) is 0 Å². The van der Waals surface area contributed by atoms with Crippen LogP contribution in [0.3, 0.4) is 0 Å². The van der Waals surface area contributed by atoms with E-state index in [-0.39, 0.29) is 12.0 Å². The molecule has 1 aliphatic heterocycles. The van der Waals surface area contributed by atoms with Gasteiger partial charge in [0.05, 0.1) is 6.61 Å². The van der Waals surface area contributed by atoms with Gasteiger partial charge in [-0.05, 0) is 24.0 Å². The van der Waals surface area contributed by atoms with E-state index in [4.69, 9.17) is 4.74 Å². The van der Waals surface area contributed by atoms with Crippen molar-refractivity contribution in [1.29, 1.82) is 0 Å². The molecule has 7 heteroatoms. The van der Waals surface area contributed by atoms with Gasteiger partial charge in [0.15, 0.2) is 0 Å². The number of ether oxygens (including phenoxy) is 1. The van der Waals surface area contributed by atoms with Crippen molar-refractivity contribution in [2.75, 3.05) is 19.7 Å². The number of carbonyl (C=O) groups is 1. The van der Waals surface area contributed by atoms with Gasteiger partial charge in [0.2, 0.25) is 5.82 Å². The molecule has 7 nitrogen and oxygen atoms in total. The first-order valence-corrected chi connectivity index (χ1v) is 7.45. The molecule has 0 aromatic carbocycles. The zero-order valence-electron chi connectivity index (χ0n) is 12.9. The number of H-pyrrole nitrogens is 1. The Morgan fingerprint density at radius 3 is 2.95 bits per heavy atom. The SMILES string of the molecule is CCC(C(=O)OCC(C)C)N1CCC=C(c2nn[nH]n2)C1. The summed E-state index contributed by atoms with van der Waals surface area (Å²) in [6.45, 7) is 8.04. The predicted octanol–water partition coefficient (Wildman–Crippen LogP) is 1.27. The van der Waals surface area contributed by atoms with Crippen LogP contribution in [0.4, 0.5) is 0 Å². The molecule has 0 aliphatic carbocycles. The third-order valence-electron chi connectivity index (χ3n) is 3.47. The molecule has 1 aromatic heterocycles. The molecule has 1 aliphatic rings. The number of tetrazole rings is 1. The largest absolute Gasteiger partial charge is 0.464 e. The van der Waals surface area contributed by atoms with Crippen LogP contribution in [0.25, 0.3) is 5.57 Å². The molecule has 0 fully saturated rings. The average Bonchev–Trinajstić information content (AvgIpc) is 3.00. The molecule has 21 heavy (non-hydrogen) atoms. The van der Waals surface area contributed by atoms with Gasteiger partial charge in [0, 0.05) is 18.7 Å². The van der Waals surface area contributed by atoms with E-state index >= 15 is 0 Å². The Morgan fingerprint density at radius 2 is 2.33 bits per heavy atom. The Balaban J connectivity index is 1.99. The fraction of sp³-hybridized carbons (Fsp3) is 0.714. The summed E-state index contributed by atoms with van der Waals surface area (Å²) in [5.74, 6) is 0.813. The second-order valence-electron chi connectivity index (χ2n) is 5.67. The molecule has 0 saturated carbocycles. The van der Waals surface area contributed by atoms with Crippen LogP contribution in [0.15, 0.2) is 6.08 Å². The van der Waals surface area contributed by atoms with Crippen LogP contribution in [0.1, 0.15) is 39.4 Å². The number of esters is 1. The molecule has 1 aromatic rings. The molecule has 2 heterocycles. The van der Waals surface area contributed by atoms with E-state index in [2.05, 4.69) is 31.6 Å². The van der Waals surface area contributed by atoms with E-state index in [1.807, 2.05) is 20.8 Å². The Bertz CT molecular complexity index is 484. The van der Waals surface area contributed by atoms with Crippen molar-refractivity contribution in [3.05, 3.63) is 11.9 Å². The number of hydrogen-bond donors (Lipinski definition) is 1. The summed E-state index contributed by atoms with van der Waals surface area (Å²) in [7, 11) is 0. The van der Waals surface area contributed by atoms with Gasteiger partial charge in [-0.2, -0.15) is 5.21 Å². The van der Waals surface area contributed by atoms with Crippen LogP contribution in [-0.4, -0.2) is 57.2 Å². The number of hydrogen-bond acceptors (Lipinski definition) is 6. The van der Waals surface area contributed by atoms with Gasteiger partial charge in [-0.1, -0.05) is 26.8 Å². The molecule has 0 saturated heterocycles. The lowest BCUT2D eigenvalue weighted by atomic mass is 10.1. The Morgan fingerprint density at radius 1 is 1.52 bits per heavy atom. The minimum Gasteiger partial charge on any atom is -0.464 e. The van der Waals surface area contributed by atoms with Gasteiger partial charge in [-0.3, -0.25) is 9.69 Å². The van der Waals surface area contributed by atoms with E-state index in [0.717, 1.165) is 25.0 Å². The molecule has 0 bridgehead atoms. The van der Waals surface area contributed by atoms with Gasteiger partial charge >= 0.3 is 5.97 Å². The smallest absolute Gasteiger partial charge is 0.323 e. The minimum absolute atomic E-state index is 0.138. The predicted molar refractivity (Wildman–Crippen MR) is 78.2 cm³/mol. The normalized spacial score (nSPS) is 17.6. The van der Waals surface area contributed by atoms with Crippen LogP contribution in [0.5, 0.6) is 0 Å². The zero-order chi connectivity index (χ0) is 15.2. The fourth-order valence-corrected chi connectivity index (χ4v) is 2.41. The summed E-state index contributed by atoms with van der Waals surface area (Å²) < 4.78 is 5.39. The number of carbonyl (C=O) groups excluding carboxylic acids is 1. The van der Waals surface area contributed by atoms with Gasteiger partial charge in [0.25, 0.3) is 0 Å². The van der Waals surface area contributed by atoms with Crippen molar-refractivity contribution in [3.63, 3.8) is 0 Å². The van der Waals surface area contributed by atoms with Crippen molar-refractivity contribution in [2.24, 2.45) is 5.92 Å². The van der Waals surface area contributed by atoms with Crippen LogP contribution < -0.4 is 0 Å². The van der Waals surface area contributed by atoms with Crippen LogP contribution in [0, 0.1) is 5.92 Å². The van der Waals surface area contributed by atoms with Gasteiger partial charge in [0.1, 0.15) is 6.04 Å². The first kappa shape index (κ1) is 15.6. The molecule has 1 N–H and O–H groups in total. The summed E-state index contributed by atoms with van der Waals surface area (Å²) in [6, 6.07) is -0.209. The molecule has 0 spiro atoms. The minimum atomic E-state index is -0.209. The second kappa shape index (κ2) is 7.31. The van der Waals surface area contributed by atoms with Crippen LogP contribution >= 0.6 is 0 Å². The quantitative estimate of drug-likeness (QED) is 0.795. The van der Waals surface area contributed by atoms with Crippen molar-refractivity contribution in [3.8, 4) is 0 Å². The molecule has 2 rings (SSSR count). The van der Waals surface area contributed by atoms with E-state index in [0.29, 0.717) is 24.9 Å². The number of nitrogens with zero attached hydrogens (tertiary/aromatic N) is 4. The number of aromatic amines is 1. The number of aromatic nitrogens is 4. The van der Waals surface area contributed by atoms with Crippen molar-refractivity contribution < 1.29 is 9.53 Å². The Hall–Kier alpha value is -1.76. The van der Waals surface area contributed by atoms with Gasteiger partial charge in [-0.15, -0.1) is 10.2 Å². The summed E-state index contributed by atoms with van der Waals surface area (Å²) in [4.78, 5) is 14.4. The topological polar surface area (TPSA) is 84.0 Å². The molecular formula is C14H23N5O2. The third-order valence-corrected chi connectivity index (χ3v) is 3.47. The lowest BCUT2D eigenvalue weighted by molar-refractivity contribution is -0.151. The maximum Gasteiger partial charge on any atom is 0.323 e. The third kappa shape index (κ3) is 4.10. The highest BCUT2D eigenvalue weighted by atomic mass is 16.5. The van der Waals surface area contributed by atoms with E-state index in [9.17, 15) is 4.79 Å². The number of nitrogens with one attached hydrogen (secondary N) is 1. The molecular weight excluding hydrogens is 270 g/mol. The highest BCUT2D eigenvalue weighted by Crippen LogP contribution is 2.20. The summed E-state index contributed by atoms with van der Waals surface area (Å²) in [6.07, 6.45) is 3.71. The average molecular weight is 293 g/mol. The first-order valence-electron chi connectivity index (χ1n) is 7.45. The van der Waals surface area contributed by atoms with Gasteiger partial charge < -0.3 is 4.74 Å².